The fraction of sp³-hybridized carbons (Fsp3) is 0.0263. The van der Waals surface area contributed by atoms with E-state index < -0.39 is 17.9 Å². The molecule has 2 N–H and O–H groups in total. The second-order valence-corrected chi connectivity index (χ2v) is 10.3. The van der Waals surface area contributed by atoms with Crippen molar-refractivity contribution in [3.63, 3.8) is 0 Å². The van der Waals surface area contributed by atoms with Crippen LogP contribution in [0.1, 0.15) is 36.6 Å². The first-order chi connectivity index (χ1) is 22.4. The van der Waals surface area contributed by atoms with Gasteiger partial charge in [0.25, 0.3) is 0 Å². The second kappa shape index (κ2) is 13.2. The van der Waals surface area contributed by atoms with E-state index >= 15 is 0 Å². The van der Waals surface area contributed by atoms with Gasteiger partial charge in [-0.2, -0.15) is 4.89 Å². The van der Waals surface area contributed by atoms with Crippen LogP contribution in [-0.4, -0.2) is 28.1 Å². The van der Waals surface area contributed by atoms with Gasteiger partial charge in [0.15, 0.2) is 5.75 Å². The highest BCUT2D eigenvalue weighted by Gasteiger charge is 2.21. The minimum absolute atomic E-state index is 0.0903. The van der Waals surface area contributed by atoms with Gasteiger partial charge in [0.2, 0.25) is 0 Å². The maximum absolute atomic E-state index is 13.3. The molecule has 6 aromatic carbocycles. The van der Waals surface area contributed by atoms with Crippen molar-refractivity contribution in [2.75, 3.05) is 0 Å². The summed E-state index contributed by atoms with van der Waals surface area (Å²) in [6.07, 6.45) is 0. The zero-order chi connectivity index (χ0) is 32.0. The van der Waals surface area contributed by atoms with Crippen molar-refractivity contribution in [3.8, 4) is 33.8 Å². The zero-order valence-electron chi connectivity index (χ0n) is 24.3. The highest BCUT2D eigenvalue weighted by molar-refractivity contribution is 6.05. The number of hydrogen-bond donors (Lipinski definition) is 2. The lowest BCUT2D eigenvalue weighted by Crippen LogP contribution is -2.14. The van der Waals surface area contributed by atoms with E-state index in [1.807, 2.05) is 66.7 Å². The summed E-state index contributed by atoms with van der Waals surface area (Å²) in [4.78, 5) is 48.5. The number of carboxylic acid groups (broad SMARTS) is 2. The molecular weight excluding hydrogens is 584 g/mol. The Hall–Kier alpha value is -6.25. The van der Waals surface area contributed by atoms with E-state index in [1.165, 1.54) is 18.2 Å². The number of carbonyl (C=O) groups excluding carboxylic acids is 1. The van der Waals surface area contributed by atoms with Gasteiger partial charge in [-0.25, -0.2) is 14.4 Å². The summed E-state index contributed by atoms with van der Waals surface area (Å²) in [7, 11) is 0. The van der Waals surface area contributed by atoms with E-state index in [0.29, 0.717) is 27.6 Å². The Morgan fingerprint density at radius 2 is 1.02 bits per heavy atom. The van der Waals surface area contributed by atoms with Gasteiger partial charge in [0.1, 0.15) is 12.4 Å². The number of carboxylic acids is 2. The molecule has 0 radical (unpaired) electrons. The largest absolute Gasteiger partial charge is 0.478 e. The molecule has 6 aromatic rings. The summed E-state index contributed by atoms with van der Waals surface area (Å²) >= 11 is 0. The molecule has 226 valence electrons. The lowest BCUT2D eigenvalue weighted by Gasteiger charge is -2.14. The lowest BCUT2D eigenvalue weighted by atomic mass is 9.99. The average Bonchev–Trinajstić information content (AvgIpc) is 3.09. The molecule has 0 aromatic heterocycles. The fourth-order valence-electron chi connectivity index (χ4n) is 5.14. The monoisotopic (exact) mass is 610 g/mol. The minimum atomic E-state index is -1.25. The van der Waals surface area contributed by atoms with E-state index in [4.69, 9.17) is 14.5 Å². The number of carbonyl (C=O) groups is 3. The van der Waals surface area contributed by atoms with Crippen LogP contribution < -0.4 is 9.62 Å². The van der Waals surface area contributed by atoms with Gasteiger partial charge in [-0.1, -0.05) is 103 Å². The normalized spacial score (nSPS) is 10.8. The van der Waals surface area contributed by atoms with Gasteiger partial charge in [-0.15, -0.1) is 0 Å². The molecule has 6 rings (SSSR count). The standard InChI is InChI=1S/C38H26O8/c39-36(40)32-21-26(24-9-3-1-4-10-24)15-16-28(32)23-44-46-35-20-19-34(29-13-7-8-14-30(29)35)45-38(43)31-18-17-27(22-33(31)37(41)42)25-11-5-2-6-12-25/h1-22H,23H2,(H,39,40)(H,41,42). The Labute approximate surface area is 263 Å². The molecule has 0 aliphatic rings. The number of benzene rings is 6. The predicted molar refractivity (Wildman–Crippen MR) is 172 cm³/mol. The fourth-order valence-corrected chi connectivity index (χ4v) is 5.14. The third-order valence-electron chi connectivity index (χ3n) is 7.43. The van der Waals surface area contributed by atoms with Crippen molar-refractivity contribution in [2.45, 2.75) is 6.61 Å². The number of hydrogen-bond acceptors (Lipinski definition) is 6. The van der Waals surface area contributed by atoms with Crippen molar-refractivity contribution >= 4 is 28.7 Å². The Morgan fingerprint density at radius 3 is 1.63 bits per heavy atom. The van der Waals surface area contributed by atoms with Crippen LogP contribution in [0, 0.1) is 0 Å². The van der Waals surface area contributed by atoms with E-state index in [2.05, 4.69) is 0 Å². The Kier molecular flexibility index (Phi) is 8.53. The number of esters is 1. The summed E-state index contributed by atoms with van der Waals surface area (Å²) in [6.45, 7) is -0.140. The van der Waals surface area contributed by atoms with E-state index in [1.54, 1.807) is 48.5 Å². The molecule has 0 aliphatic heterocycles. The predicted octanol–water partition coefficient (Wildman–Crippen LogP) is 8.30. The van der Waals surface area contributed by atoms with Gasteiger partial charge in [0.05, 0.1) is 16.7 Å². The van der Waals surface area contributed by atoms with Gasteiger partial charge in [0, 0.05) is 10.8 Å². The molecule has 0 saturated heterocycles. The maximum atomic E-state index is 13.3. The lowest BCUT2D eigenvalue weighted by molar-refractivity contribution is -0.216. The van der Waals surface area contributed by atoms with E-state index in [-0.39, 0.29) is 29.0 Å². The average molecular weight is 611 g/mol. The summed E-state index contributed by atoms with van der Waals surface area (Å²) in [5, 5.41) is 20.8. The van der Waals surface area contributed by atoms with Gasteiger partial charge >= 0.3 is 17.9 Å². The zero-order valence-corrected chi connectivity index (χ0v) is 24.3. The van der Waals surface area contributed by atoms with E-state index in [0.717, 1.165) is 16.7 Å². The van der Waals surface area contributed by atoms with Gasteiger partial charge in [-0.05, 0) is 58.1 Å². The van der Waals surface area contributed by atoms with Gasteiger partial charge < -0.3 is 19.8 Å². The van der Waals surface area contributed by atoms with Crippen LogP contribution in [0.3, 0.4) is 0 Å². The third kappa shape index (κ3) is 6.33. The molecule has 0 atom stereocenters. The molecule has 8 nitrogen and oxygen atoms in total. The molecule has 0 aliphatic carbocycles. The maximum Gasteiger partial charge on any atom is 0.344 e. The molecule has 0 saturated carbocycles. The molecule has 8 heteroatoms. The highest BCUT2D eigenvalue weighted by Crippen LogP contribution is 2.34. The minimum Gasteiger partial charge on any atom is -0.478 e. The molecule has 0 amide bonds. The smallest absolute Gasteiger partial charge is 0.344 e. The molecule has 46 heavy (non-hydrogen) atoms. The number of aromatic carboxylic acids is 2. The van der Waals surface area contributed by atoms with Crippen molar-refractivity contribution in [1.82, 2.24) is 0 Å². The van der Waals surface area contributed by atoms with Crippen LogP contribution >= 0.6 is 0 Å². The highest BCUT2D eigenvalue weighted by atomic mass is 17.2. The molecule has 0 spiro atoms. The van der Waals surface area contributed by atoms with Gasteiger partial charge in [-0.3, -0.25) is 0 Å². The number of rotatable bonds is 10. The van der Waals surface area contributed by atoms with Crippen molar-refractivity contribution < 1.29 is 39.1 Å². The topological polar surface area (TPSA) is 119 Å². The molecule has 0 fully saturated rings. The Morgan fingerprint density at radius 1 is 0.500 bits per heavy atom. The van der Waals surface area contributed by atoms with Crippen LogP contribution in [0.4, 0.5) is 0 Å². The van der Waals surface area contributed by atoms with Crippen LogP contribution in [-0.2, 0) is 11.5 Å². The second-order valence-electron chi connectivity index (χ2n) is 10.3. The first kappa shape index (κ1) is 29.8. The van der Waals surface area contributed by atoms with E-state index in [9.17, 15) is 24.6 Å². The van der Waals surface area contributed by atoms with Crippen LogP contribution in [0.15, 0.2) is 133 Å². The summed E-state index contributed by atoms with van der Waals surface area (Å²) < 4.78 is 5.70. The van der Waals surface area contributed by atoms with Crippen molar-refractivity contribution in [1.29, 1.82) is 0 Å². The summed E-state index contributed by atoms with van der Waals surface area (Å²) in [6, 6.07) is 38.5. The van der Waals surface area contributed by atoms with Crippen LogP contribution in [0.5, 0.6) is 11.5 Å². The molecule has 0 unspecified atom stereocenters. The SMILES string of the molecule is O=C(O)c1cc(-c2ccccc2)ccc1COOc1ccc(OC(=O)c2ccc(-c3ccccc3)cc2C(=O)O)c2ccccc12. The molecule has 0 heterocycles. The molecular formula is C38H26O8. The Balaban J connectivity index is 1.21. The first-order valence-electron chi connectivity index (χ1n) is 14.3. The summed E-state index contributed by atoms with van der Waals surface area (Å²) in [5.41, 5.74) is 3.38. The van der Waals surface area contributed by atoms with Crippen molar-refractivity contribution in [2.24, 2.45) is 0 Å². The number of ether oxygens (including phenoxy) is 1. The Bertz CT molecular complexity index is 2070. The quantitative estimate of drug-likeness (QED) is 0.0688. The molecule has 0 bridgehead atoms. The van der Waals surface area contributed by atoms with Crippen molar-refractivity contribution in [3.05, 3.63) is 156 Å². The number of fused-ring (bicyclic) bond motifs is 1. The van der Waals surface area contributed by atoms with Crippen LogP contribution in [0.25, 0.3) is 33.0 Å². The summed E-state index contributed by atoms with van der Waals surface area (Å²) in [5.74, 6) is -2.66. The third-order valence-corrected chi connectivity index (χ3v) is 7.43. The first-order valence-corrected chi connectivity index (χ1v) is 14.3. The van der Waals surface area contributed by atoms with Crippen LogP contribution in [0.2, 0.25) is 0 Å².